The predicted molar refractivity (Wildman–Crippen MR) is 66.1 cm³/mol. The first-order chi connectivity index (χ1) is 6.16. The average molecular weight is 282 g/mol. The molecule has 0 unspecified atom stereocenters. The van der Waals surface area contributed by atoms with Gasteiger partial charge >= 0.3 is 0 Å². The maximum absolute atomic E-state index is 2.35. The molecule has 1 heteroatoms. The Hall–Kier alpha value is -0.570. The number of aryl methyl sites for hydroxylation is 2. The minimum atomic E-state index is 1.30. The van der Waals surface area contributed by atoms with E-state index in [4.69, 9.17) is 0 Å². The molecule has 2 rings (SSSR count). The van der Waals surface area contributed by atoms with E-state index in [0.29, 0.717) is 0 Å². The Bertz CT molecular complexity index is 458. The van der Waals surface area contributed by atoms with Gasteiger partial charge in [-0.3, -0.25) is 0 Å². The third-order valence-electron chi connectivity index (χ3n) is 2.41. The number of fused-ring (bicyclic) bond motifs is 1. The normalized spacial score (nSPS) is 10.7. The van der Waals surface area contributed by atoms with Crippen LogP contribution in [0.4, 0.5) is 0 Å². The largest absolute Gasteiger partial charge is 0.0533 e. The number of rotatable bonds is 0. The van der Waals surface area contributed by atoms with Gasteiger partial charge in [0.05, 0.1) is 0 Å². The molecule has 0 saturated carbocycles. The molecule has 0 radical (unpaired) electrons. The van der Waals surface area contributed by atoms with E-state index < -0.39 is 0 Å². The van der Waals surface area contributed by atoms with Crippen molar-refractivity contribution in [3.63, 3.8) is 0 Å². The second-order valence-corrected chi connectivity index (χ2v) is 4.67. The van der Waals surface area contributed by atoms with Crippen molar-refractivity contribution in [2.45, 2.75) is 13.8 Å². The summed E-state index contributed by atoms with van der Waals surface area (Å²) in [5.41, 5.74) is 2.74. The van der Waals surface area contributed by atoms with E-state index in [0.717, 1.165) is 0 Å². The molecular formula is C12H11I. The zero-order valence-electron chi connectivity index (χ0n) is 7.76. The maximum Gasteiger partial charge on any atom is 0.0136 e. The summed E-state index contributed by atoms with van der Waals surface area (Å²) in [5, 5.41) is 2.68. The van der Waals surface area contributed by atoms with Crippen molar-refractivity contribution in [2.24, 2.45) is 0 Å². The topological polar surface area (TPSA) is 0 Å². The standard InChI is InChI=1S/C12H11I/c1-8-5-10-3-4-12(13)7-11(10)6-9(8)2/h3-7H,1-2H3. The van der Waals surface area contributed by atoms with E-state index in [9.17, 15) is 0 Å². The van der Waals surface area contributed by atoms with Gasteiger partial charge in [0, 0.05) is 3.57 Å². The van der Waals surface area contributed by atoms with Crippen molar-refractivity contribution >= 4 is 33.4 Å². The Kier molecular flexibility index (Phi) is 2.28. The zero-order chi connectivity index (χ0) is 9.42. The summed E-state index contributed by atoms with van der Waals surface area (Å²) in [6.07, 6.45) is 0. The summed E-state index contributed by atoms with van der Waals surface area (Å²) in [6, 6.07) is 11.1. The van der Waals surface area contributed by atoms with Crippen LogP contribution in [0.25, 0.3) is 10.8 Å². The SMILES string of the molecule is Cc1cc2ccc(I)cc2cc1C. The molecule has 0 bridgehead atoms. The first-order valence-corrected chi connectivity index (χ1v) is 5.41. The number of halogens is 1. The lowest BCUT2D eigenvalue weighted by molar-refractivity contribution is 1.36. The van der Waals surface area contributed by atoms with Gasteiger partial charge in [-0.1, -0.05) is 18.2 Å². The van der Waals surface area contributed by atoms with Crippen LogP contribution in [0.5, 0.6) is 0 Å². The molecule has 0 aromatic heterocycles. The Labute approximate surface area is 92.1 Å². The second-order valence-electron chi connectivity index (χ2n) is 3.43. The number of benzene rings is 2. The van der Waals surface area contributed by atoms with Crippen LogP contribution in [-0.4, -0.2) is 0 Å². The van der Waals surface area contributed by atoms with Crippen LogP contribution < -0.4 is 0 Å². The number of hydrogen-bond acceptors (Lipinski definition) is 0. The number of hydrogen-bond donors (Lipinski definition) is 0. The summed E-state index contributed by atoms with van der Waals surface area (Å²) in [7, 11) is 0. The highest BCUT2D eigenvalue weighted by molar-refractivity contribution is 14.1. The lowest BCUT2D eigenvalue weighted by atomic mass is 10.0. The molecule has 66 valence electrons. The quantitative estimate of drug-likeness (QED) is 0.639. The first-order valence-electron chi connectivity index (χ1n) is 4.33. The zero-order valence-corrected chi connectivity index (χ0v) is 9.92. The summed E-state index contributed by atoms with van der Waals surface area (Å²) in [5.74, 6) is 0. The van der Waals surface area contributed by atoms with Gasteiger partial charge in [-0.2, -0.15) is 0 Å². The smallest absolute Gasteiger partial charge is 0.0136 e. The molecule has 0 saturated heterocycles. The third-order valence-corrected chi connectivity index (χ3v) is 3.09. The maximum atomic E-state index is 2.35. The Morgan fingerprint density at radius 1 is 0.846 bits per heavy atom. The van der Waals surface area contributed by atoms with Crippen molar-refractivity contribution in [1.82, 2.24) is 0 Å². The molecule has 0 amide bonds. The molecule has 2 aromatic rings. The molecule has 0 spiro atoms. The van der Waals surface area contributed by atoms with Gasteiger partial charge in [0.25, 0.3) is 0 Å². The summed E-state index contributed by atoms with van der Waals surface area (Å²) < 4.78 is 1.30. The van der Waals surface area contributed by atoms with E-state index in [1.54, 1.807) is 0 Å². The van der Waals surface area contributed by atoms with Gasteiger partial charge in [0.15, 0.2) is 0 Å². The first kappa shape index (κ1) is 9.00. The van der Waals surface area contributed by atoms with Gasteiger partial charge < -0.3 is 0 Å². The predicted octanol–water partition coefficient (Wildman–Crippen LogP) is 4.06. The van der Waals surface area contributed by atoms with Crippen molar-refractivity contribution < 1.29 is 0 Å². The van der Waals surface area contributed by atoms with Crippen LogP contribution in [-0.2, 0) is 0 Å². The van der Waals surface area contributed by atoms with Crippen molar-refractivity contribution in [1.29, 1.82) is 0 Å². The lowest BCUT2D eigenvalue weighted by Crippen LogP contribution is -1.82. The fraction of sp³-hybridized carbons (Fsp3) is 0.167. The van der Waals surface area contributed by atoms with E-state index in [-0.39, 0.29) is 0 Å². The van der Waals surface area contributed by atoms with Crippen molar-refractivity contribution in [3.8, 4) is 0 Å². The molecule has 0 nitrogen and oxygen atoms in total. The molecule has 0 fully saturated rings. The Morgan fingerprint density at radius 3 is 2.15 bits per heavy atom. The fourth-order valence-electron chi connectivity index (χ4n) is 1.50. The van der Waals surface area contributed by atoms with E-state index in [1.807, 2.05) is 0 Å². The summed E-state index contributed by atoms with van der Waals surface area (Å²) in [6.45, 7) is 4.32. The van der Waals surface area contributed by atoms with E-state index >= 15 is 0 Å². The fourth-order valence-corrected chi connectivity index (χ4v) is 2.01. The van der Waals surface area contributed by atoms with Gasteiger partial charge in [0.1, 0.15) is 0 Å². The monoisotopic (exact) mass is 282 g/mol. The molecule has 0 atom stereocenters. The molecule has 13 heavy (non-hydrogen) atoms. The highest BCUT2D eigenvalue weighted by atomic mass is 127. The molecule has 0 aliphatic heterocycles. The molecule has 0 N–H and O–H groups in total. The van der Waals surface area contributed by atoms with Gasteiger partial charge in [-0.25, -0.2) is 0 Å². The van der Waals surface area contributed by atoms with Crippen LogP contribution in [0.15, 0.2) is 30.3 Å². The summed E-state index contributed by atoms with van der Waals surface area (Å²) in [4.78, 5) is 0. The van der Waals surface area contributed by atoms with Crippen LogP contribution in [0.1, 0.15) is 11.1 Å². The van der Waals surface area contributed by atoms with Crippen LogP contribution in [0.2, 0.25) is 0 Å². The van der Waals surface area contributed by atoms with Gasteiger partial charge in [0.2, 0.25) is 0 Å². The average Bonchev–Trinajstić information content (AvgIpc) is 2.08. The van der Waals surface area contributed by atoms with Crippen molar-refractivity contribution in [3.05, 3.63) is 45.0 Å². The third kappa shape index (κ3) is 1.70. The lowest BCUT2D eigenvalue weighted by Gasteiger charge is -2.03. The molecule has 0 aliphatic carbocycles. The molecule has 0 heterocycles. The van der Waals surface area contributed by atoms with Crippen LogP contribution in [0, 0.1) is 17.4 Å². The highest BCUT2D eigenvalue weighted by Gasteiger charge is 1.97. The molecule has 0 aliphatic rings. The van der Waals surface area contributed by atoms with E-state index in [2.05, 4.69) is 66.8 Å². The van der Waals surface area contributed by atoms with Gasteiger partial charge in [-0.05, 0) is 70.5 Å². The van der Waals surface area contributed by atoms with Gasteiger partial charge in [-0.15, -0.1) is 0 Å². The highest BCUT2D eigenvalue weighted by Crippen LogP contribution is 2.21. The molecule has 2 aromatic carbocycles. The Balaban J connectivity index is 2.81. The minimum absolute atomic E-state index is 1.30. The minimum Gasteiger partial charge on any atom is -0.0533 e. The van der Waals surface area contributed by atoms with Crippen molar-refractivity contribution in [2.75, 3.05) is 0 Å². The summed E-state index contributed by atoms with van der Waals surface area (Å²) >= 11 is 2.35. The van der Waals surface area contributed by atoms with E-state index in [1.165, 1.54) is 25.5 Å². The second kappa shape index (κ2) is 3.29. The van der Waals surface area contributed by atoms with Crippen LogP contribution >= 0.6 is 22.6 Å². The van der Waals surface area contributed by atoms with Crippen LogP contribution in [0.3, 0.4) is 0 Å². The molecular weight excluding hydrogens is 271 g/mol. The Morgan fingerprint density at radius 2 is 1.46 bits per heavy atom.